The van der Waals surface area contributed by atoms with Crippen molar-refractivity contribution in [1.29, 1.82) is 0 Å². The number of rotatable bonds is 13. The van der Waals surface area contributed by atoms with Crippen LogP contribution in [0.2, 0.25) is 0 Å². The van der Waals surface area contributed by atoms with Gasteiger partial charge in [0.2, 0.25) is 0 Å². The molecule has 0 amide bonds. The Kier molecular flexibility index (Phi) is 11.8. The molecule has 1 heteroatoms. The van der Waals surface area contributed by atoms with Gasteiger partial charge in [-0.1, -0.05) is 84.5 Å². The zero-order valence-electron chi connectivity index (χ0n) is 15.3. The largest absolute Gasteiger partial charge is 0.304 e. The van der Waals surface area contributed by atoms with Crippen LogP contribution in [0.3, 0.4) is 0 Å². The minimum absolute atomic E-state index is 0.118. The quantitative estimate of drug-likeness (QED) is 0.335. The van der Waals surface area contributed by atoms with Gasteiger partial charge < -0.3 is 5.32 Å². The molecule has 0 aromatic carbocycles. The molecule has 0 aliphatic rings. The molecule has 0 aromatic rings. The highest BCUT2D eigenvalue weighted by molar-refractivity contribution is 5.09. The summed E-state index contributed by atoms with van der Waals surface area (Å²) in [7, 11) is 1.96. The SMILES string of the molecule is C#CC(C)(CCCC(C)CCCC(C)CCCCC)NC. The van der Waals surface area contributed by atoms with Gasteiger partial charge in [-0.3, -0.25) is 0 Å². The van der Waals surface area contributed by atoms with E-state index < -0.39 is 0 Å². The topological polar surface area (TPSA) is 12.0 Å². The highest BCUT2D eigenvalue weighted by Crippen LogP contribution is 2.22. The van der Waals surface area contributed by atoms with Gasteiger partial charge >= 0.3 is 0 Å². The normalized spacial score (nSPS) is 17.0. The first-order chi connectivity index (χ1) is 9.97. The van der Waals surface area contributed by atoms with Gasteiger partial charge in [0.1, 0.15) is 0 Å². The van der Waals surface area contributed by atoms with E-state index in [4.69, 9.17) is 6.42 Å². The third-order valence-corrected chi connectivity index (χ3v) is 4.94. The average Bonchev–Trinajstić information content (AvgIpc) is 2.47. The van der Waals surface area contributed by atoms with Gasteiger partial charge in [-0.25, -0.2) is 0 Å². The van der Waals surface area contributed by atoms with Crippen LogP contribution < -0.4 is 5.32 Å². The third kappa shape index (κ3) is 10.8. The van der Waals surface area contributed by atoms with Gasteiger partial charge in [0, 0.05) is 0 Å². The first-order valence-corrected chi connectivity index (χ1v) is 9.14. The summed E-state index contributed by atoms with van der Waals surface area (Å²) >= 11 is 0. The molecule has 124 valence electrons. The van der Waals surface area contributed by atoms with Crippen LogP contribution in [0, 0.1) is 24.2 Å². The fourth-order valence-corrected chi connectivity index (χ4v) is 2.92. The van der Waals surface area contributed by atoms with E-state index in [9.17, 15) is 0 Å². The molecule has 0 saturated carbocycles. The molecular formula is C20H39N. The van der Waals surface area contributed by atoms with E-state index in [1.807, 2.05) is 7.05 Å². The number of unbranched alkanes of at least 4 members (excludes halogenated alkanes) is 2. The van der Waals surface area contributed by atoms with Crippen molar-refractivity contribution in [2.75, 3.05) is 7.05 Å². The Labute approximate surface area is 134 Å². The number of nitrogens with one attached hydrogen (secondary N) is 1. The average molecular weight is 294 g/mol. The second kappa shape index (κ2) is 12.1. The van der Waals surface area contributed by atoms with Crippen LogP contribution in [0.15, 0.2) is 0 Å². The lowest BCUT2D eigenvalue weighted by Crippen LogP contribution is -2.37. The van der Waals surface area contributed by atoms with Crippen LogP contribution in [0.25, 0.3) is 0 Å². The Bertz CT molecular complexity index is 278. The molecule has 0 spiro atoms. The minimum atomic E-state index is -0.118. The van der Waals surface area contributed by atoms with Crippen molar-refractivity contribution >= 4 is 0 Å². The van der Waals surface area contributed by atoms with Crippen LogP contribution in [-0.2, 0) is 0 Å². The molecule has 0 saturated heterocycles. The van der Waals surface area contributed by atoms with Crippen LogP contribution >= 0.6 is 0 Å². The predicted molar refractivity (Wildman–Crippen MR) is 96.5 cm³/mol. The van der Waals surface area contributed by atoms with Crippen LogP contribution in [0.1, 0.15) is 91.9 Å². The monoisotopic (exact) mass is 293 g/mol. The Balaban J connectivity index is 3.63. The van der Waals surface area contributed by atoms with Gasteiger partial charge in [0.25, 0.3) is 0 Å². The summed E-state index contributed by atoms with van der Waals surface area (Å²) in [5, 5.41) is 3.25. The second-order valence-electron chi connectivity index (χ2n) is 7.26. The van der Waals surface area contributed by atoms with Gasteiger partial charge in [-0.05, 0) is 32.2 Å². The van der Waals surface area contributed by atoms with E-state index in [-0.39, 0.29) is 5.54 Å². The lowest BCUT2D eigenvalue weighted by molar-refractivity contribution is 0.372. The van der Waals surface area contributed by atoms with E-state index in [0.29, 0.717) is 0 Å². The van der Waals surface area contributed by atoms with Crippen molar-refractivity contribution in [3.63, 3.8) is 0 Å². The van der Waals surface area contributed by atoms with Crippen molar-refractivity contribution in [2.24, 2.45) is 11.8 Å². The Morgan fingerprint density at radius 2 is 1.48 bits per heavy atom. The molecule has 0 radical (unpaired) electrons. The van der Waals surface area contributed by atoms with E-state index in [2.05, 4.69) is 38.9 Å². The summed E-state index contributed by atoms with van der Waals surface area (Å²) in [6.45, 7) is 9.22. The molecular weight excluding hydrogens is 254 g/mol. The van der Waals surface area contributed by atoms with E-state index in [0.717, 1.165) is 18.3 Å². The van der Waals surface area contributed by atoms with Crippen molar-refractivity contribution in [3.05, 3.63) is 0 Å². The third-order valence-electron chi connectivity index (χ3n) is 4.94. The molecule has 3 atom stereocenters. The molecule has 0 aliphatic heterocycles. The highest BCUT2D eigenvalue weighted by atomic mass is 14.9. The van der Waals surface area contributed by atoms with Gasteiger partial charge in [-0.15, -0.1) is 6.42 Å². The van der Waals surface area contributed by atoms with Crippen molar-refractivity contribution < 1.29 is 0 Å². The lowest BCUT2D eigenvalue weighted by Gasteiger charge is -2.23. The maximum Gasteiger partial charge on any atom is 0.0767 e. The molecule has 21 heavy (non-hydrogen) atoms. The summed E-state index contributed by atoms with van der Waals surface area (Å²) in [4.78, 5) is 0. The smallest absolute Gasteiger partial charge is 0.0767 e. The minimum Gasteiger partial charge on any atom is -0.304 e. The Morgan fingerprint density at radius 3 is 1.95 bits per heavy atom. The Hall–Kier alpha value is -0.480. The van der Waals surface area contributed by atoms with Crippen LogP contribution in [0.5, 0.6) is 0 Å². The number of terminal acetylenes is 1. The van der Waals surface area contributed by atoms with E-state index >= 15 is 0 Å². The fraction of sp³-hybridized carbons (Fsp3) is 0.900. The summed E-state index contributed by atoms with van der Waals surface area (Å²) in [5.74, 6) is 4.63. The summed E-state index contributed by atoms with van der Waals surface area (Å²) < 4.78 is 0. The van der Waals surface area contributed by atoms with Gasteiger partial charge in [0.15, 0.2) is 0 Å². The molecule has 0 aromatic heterocycles. The van der Waals surface area contributed by atoms with E-state index in [1.165, 1.54) is 57.8 Å². The van der Waals surface area contributed by atoms with Crippen molar-refractivity contribution in [2.45, 2.75) is 97.4 Å². The molecule has 3 unspecified atom stereocenters. The molecule has 0 rings (SSSR count). The maximum atomic E-state index is 5.59. The molecule has 1 nitrogen and oxygen atoms in total. The zero-order chi connectivity index (χ0) is 16.1. The Morgan fingerprint density at radius 1 is 0.952 bits per heavy atom. The molecule has 0 fully saturated rings. The molecule has 0 bridgehead atoms. The first kappa shape index (κ1) is 20.5. The van der Waals surface area contributed by atoms with Crippen LogP contribution in [-0.4, -0.2) is 12.6 Å². The summed E-state index contributed by atoms with van der Waals surface area (Å²) in [6, 6.07) is 0. The van der Waals surface area contributed by atoms with Gasteiger partial charge in [-0.2, -0.15) is 0 Å². The van der Waals surface area contributed by atoms with E-state index in [1.54, 1.807) is 0 Å². The second-order valence-corrected chi connectivity index (χ2v) is 7.26. The van der Waals surface area contributed by atoms with Crippen LogP contribution in [0.4, 0.5) is 0 Å². The van der Waals surface area contributed by atoms with Gasteiger partial charge in [0.05, 0.1) is 5.54 Å². The molecule has 0 heterocycles. The molecule has 1 N–H and O–H groups in total. The predicted octanol–water partition coefficient (Wildman–Crippen LogP) is 5.79. The standard InChI is InChI=1S/C20H39N/c1-7-9-10-13-18(3)14-11-15-19(4)16-12-17-20(5,8-2)21-6/h2,18-19,21H,7,9-17H2,1,3-6H3. The lowest BCUT2D eigenvalue weighted by atomic mass is 9.90. The number of hydrogen-bond donors (Lipinski definition) is 1. The highest BCUT2D eigenvalue weighted by Gasteiger charge is 2.17. The van der Waals surface area contributed by atoms with Crippen molar-refractivity contribution in [1.82, 2.24) is 5.32 Å². The zero-order valence-corrected chi connectivity index (χ0v) is 15.3. The van der Waals surface area contributed by atoms with Crippen molar-refractivity contribution in [3.8, 4) is 12.3 Å². The first-order valence-electron chi connectivity index (χ1n) is 9.14. The number of hydrogen-bond acceptors (Lipinski definition) is 1. The molecule has 0 aliphatic carbocycles. The fourth-order valence-electron chi connectivity index (χ4n) is 2.92. The maximum absolute atomic E-state index is 5.59. The summed E-state index contributed by atoms with van der Waals surface area (Å²) in [5.41, 5.74) is -0.118. The summed E-state index contributed by atoms with van der Waals surface area (Å²) in [6.07, 6.45) is 19.0.